The van der Waals surface area contributed by atoms with Crippen molar-refractivity contribution in [2.24, 2.45) is 5.10 Å². The van der Waals surface area contributed by atoms with Crippen molar-refractivity contribution in [3.8, 4) is 11.5 Å². The lowest BCUT2D eigenvalue weighted by Gasteiger charge is -2.07. The van der Waals surface area contributed by atoms with Gasteiger partial charge in [0.2, 0.25) is 0 Å². The Morgan fingerprint density at radius 2 is 1.82 bits per heavy atom. The maximum Gasteiger partial charge on any atom is 0.257 e. The van der Waals surface area contributed by atoms with Gasteiger partial charge in [-0.25, -0.2) is 9.97 Å². The monoisotopic (exact) mass is 460 g/mol. The summed E-state index contributed by atoms with van der Waals surface area (Å²) in [4.78, 5) is 22.5. The molecule has 0 bridgehead atoms. The number of rotatable bonds is 9. The van der Waals surface area contributed by atoms with Gasteiger partial charge in [0.15, 0.2) is 17.1 Å². The van der Waals surface area contributed by atoms with Gasteiger partial charge < -0.3 is 20.5 Å². The minimum Gasteiger partial charge on any atom is -0.493 e. The van der Waals surface area contributed by atoms with Crippen LogP contribution in [0.5, 0.6) is 11.5 Å². The van der Waals surface area contributed by atoms with Crippen LogP contribution in [0.1, 0.15) is 42.1 Å². The van der Waals surface area contributed by atoms with Gasteiger partial charge in [-0.3, -0.25) is 4.79 Å². The first-order valence-electron chi connectivity index (χ1n) is 11.2. The molecule has 0 saturated carbocycles. The summed E-state index contributed by atoms with van der Waals surface area (Å²) in [6.45, 7) is 2.68. The Morgan fingerprint density at radius 3 is 2.53 bits per heavy atom. The number of para-hydroxylation sites is 2. The Morgan fingerprint density at radius 1 is 1.09 bits per heavy atom. The van der Waals surface area contributed by atoms with Crippen LogP contribution in [0.3, 0.4) is 0 Å². The van der Waals surface area contributed by atoms with E-state index in [2.05, 4.69) is 17.3 Å². The predicted octanol–water partition coefficient (Wildman–Crippen LogP) is 3.99. The largest absolute Gasteiger partial charge is 0.493 e. The van der Waals surface area contributed by atoms with Crippen LogP contribution in [0.15, 0.2) is 47.6 Å². The van der Waals surface area contributed by atoms with Gasteiger partial charge in [0.25, 0.3) is 5.91 Å². The van der Waals surface area contributed by atoms with Crippen LogP contribution in [0.25, 0.3) is 22.2 Å². The topological polar surface area (TPSA) is 117 Å². The molecule has 4 rings (SSSR count). The van der Waals surface area contributed by atoms with Crippen molar-refractivity contribution in [2.75, 3.05) is 26.5 Å². The van der Waals surface area contributed by atoms with Crippen LogP contribution < -0.4 is 20.5 Å². The van der Waals surface area contributed by atoms with Crippen LogP contribution in [-0.2, 0) is 0 Å². The molecule has 9 heteroatoms. The number of fused-ring (bicyclic) bond motifs is 2. The molecule has 0 atom stereocenters. The number of anilines is 1. The number of hydrogen-bond donors (Lipinski definition) is 2. The van der Waals surface area contributed by atoms with Crippen LogP contribution in [0, 0.1) is 0 Å². The van der Waals surface area contributed by atoms with E-state index in [9.17, 15) is 4.79 Å². The Balaban J connectivity index is 1.79. The number of nitrogens with zero attached hydrogens (tertiary/aromatic N) is 4. The van der Waals surface area contributed by atoms with Gasteiger partial charge in [0, 0.05) is 6.54 Å². The highest BCUT2D eigenvalue weighted by Crippen LogP contribution is 2.29. The third kappa shape index (κ3) is 4.50. The van der Waals surface area contributed by atoms with Crippen LogP contribution in [0.2, 0.25) is 0 Å². The summed E-state index contributed by atoms with van der Waals surface area (Å²) in [6.07, 6.45) is 4.63. The number of nitrogen functional groups attached to an aromatic ring is 1. The molecule has 0 aliphatic carbocycles. The number of nitrogens with two attached hydrogens (primary N) is 1. The molecule has 0 fully saturated rings. The first-order valence-corrected chi connectivity index (χ1v) is 11.2. The molecule has 3 N–H and O–H groups in total. The van der Waals surface area contributed by atoms with Gasteiger partial charge >= 0.3 is 0 Å². The molecule has 0 saturated heterocycles. The molecule has 9 nitrogen and oxygen atoms in total. The van der Waals surface area contributed by atoms with E-state index in [-0.39, 0.29) is 17.3 Å². The van der Waals surface area contributed by atoms with Gasteiger partial charge in [0.1, 0.15) is 16.9 Å². The molecule has 2 heterocycles. The highest BCUT2D eigenvalue weighted by molar-refractivity contribution is 6.10. The Labute approximate surface area is 197 Å². The number of benzene rings is 2. The van der Waals surface area contributed by atoms with Gasteiger partial charge in [-0.1, -0.05) is 31.9 Å². The molecule has 0 aliphatic rings. The number of aromatic nitrogens is 3. The van der Waals surface area contributed by atoms with Crippen molar-refractivity contribution in [3.63, 3.8) is 0 Å². The van der Waals surface area contributed by atoms with Crippen molar-refractivity contribution < 1.29 is 14.3 Å². The summed E-state index contributed by atoms with van der Waals surface area (Å²) < 4.78 is 12.1. The number of unbranched alkanes of at least 4 members (excludes halogenated alkanes) is 2. The predicted molar refractivity (Wildman–Crippen MR) is 134 cm³/mol. The van der Waals surface area contributed by atoms with Crippen molar-refractivity contribution in [2.45, 2.75) is 26.2 Å². The zero-order chi connectivity index (χ0) is 24.1. The van der Waals surface area contributed by atoms with E-state index in [0.717, 1.165) is 24.8 Å². The molecule has 2 aromatic heterocycles. The van der Waals surface area contributed by atoms with Crippen molar-refractivity contribution in [1.82, 2.24) is 20.0 Å². The number of hydrogen-bond acceptors (Lipinski definition) is 7. The molecule has 0 aliphatic heterocycles. The normalized spacial score (nSPS) is 11.4. The van der Waals surface area contributed by atoms with E-state index in [1.807, 2.05) is 30.3 Å². The molecule has 1 amide bonds. The maximum atomic E-state index is 13.1. The second-order valence-corrected chi connectivity index (χ2v) is 7.78. The van der Waals surface area contributed by atoms with Crippen LogP contribution in [-0.4, -0.2) is 47.5 Å². The van der Waals surface area contributed by atoms with Crippen LogP contribution in [0.4, 0.5) is 5.82 Å². The first kappa shape index (κ1) is 23.0. The molecule has 0 radical (unpaired) electrons. The lowest BCUT2D eigenvalue weighted by atomic mass is 10.2. The third-order valence-corrected chi connectivity index (χ3v) is 5.50. The van der Waals surface area contributed by atoms with E-state index in [1.54, 1.807) is 32.6 Å². The van der Waals surface area contributed by atoms with Crippen molar-refractivity contribution in [3.05, 3.63) is 53.6 Å². The summed E-state index contributed by atoms with van der Waals surface area (Å²) in [5.41, 5.74) is 9.66. The minimum atomic E-state index is -0.289. The summed E-state index contributed by atoms with van der Waals surface area (Å²) >= 11 is 0. The van der Waals surface area contributed by atoms with Crippen LogP contribution >= 0.6 is 0 Å². The van der Waals surface area contributed by atoms with Gasteiger partial charge in [-0.05, 0) is 42.3 Å². The quantitative estimate of drug-likeness (QED) is 0.288. The zero-order valence-corrected chi connectivity index (χ0v) is 19.5. The summed E-state index contributed by atoms with van der Waals surface area (Å²) in [6, 6.07) is 12.9. The molecule has 2 aromatic carbocycles. The first-order chi connectivity index (χ1) is 16.6. The number of methoxy groups -OCH3 is 2. The number of amides is 1. The second kappa shape index (κ2) is 10.2. The minimum absolute atomic E-state index is 0.176. The zero-order valence-electron chi connectivity index (χ0n) is 19.5. The lowest BCUT2D eigenvalue weighted by molar-refractivity contribution is 0.0955. The molecular weight excluding hydrogens is 432 g/mol. The Bertz CT molecular complexity index is 1360. The summed E-state index contributed by atoms with van der Waals surface area (Å²) in [5, 5.41) is 7.49. The van der Waals surface area contributed by atoms with Crippen molar-refractivity contribution >= 4 is 40.1 Å². The molecule has 34 heavy (non-hydrogen) atoms. The fourth-order valence-corrected chi connectivity index (χ4v) is 3.71. The molecule has 0 unspecified atom stereocenters. The van der Waals surface area contributed by atoms with E-state index in [4.69, 9.17) is 25.2 Å². The van der Waals surface area contributed by atoms with E-state index < -0.39 is 0 Å². The average molecular weight is 461 g/mol. The molecule has 0 spiro atoms. The highest BCUT2D eigenvalue weighted by atomic mass is 16.5. The van der Waals surface area contributed by atoms with Gasteiger partial charge in [0.05, 0.1) is 31.5 Å². The smallest absolute Gasteiger partial charge is 0.257 e. The Hall–Kier alpha value is -4.14. The van der Waals surface area contributed by atoms with Crippen molar-refractivity contribution in [1.29, 1.82) is 0 Å². The summed E-state index contributed by atoms with van der Waals surface area (Å²) in [5.74, 6) is 1.08. The number of nitrogens with one attached hydrogen (secondary N) is 1. The fourth-order valence-electron chi connectivity index (χ4n) is 3.71. The van der Waals surface area contributed by atoms with E-state index in [1.165, 1.54) is 4.68 Å². The van der Waals surface area contributed by atoms with Gasteiger partial charge in [-0.15, -0.1) is 0 Å². The summed E-state index contributed by atoms with van der Waals surface area (Å²) in [7, 11) is 3.15. The lowest BCUT2D eigenvalue weighted by Crippen LogP contribution is -2.25. The standard InChI is InChI=1S/C25H28N6O3/c1-4-5-8-13-27-25(32)21-22-24(30-18-10-7-6-9-17(18)29-22)31(23(21)26)28-15-16-11-12-19(33-2)20(14-16)34-3/h6-7,9-12,14-15H,4-5,8,13,26H2,1-3H3,(H,27,32)/b28-15+. The van der Waals surface area contributed by atoms with E-state index in [0.29, 0.717) is 40.2 Å². The number of ether oxygens (including phenoxy) is 2. The molecule has 176 valence electrons. The maximum absolute atomic E-state index is 13.1. The average Bonchev–Trinajstić information content (AvgIpc) is 3.13. The number of carbonyl (C=O) groups excluding carboxylic acids is 1. The van der Waals surface area contributed by atoms with Gasteiger partial charge in [-0.2, -0.15) is 9.78 Å². The SMILES string of the molecule is CCCCCNC(=O)c1c(N)n(/N=C/c2ccc(OC)c(OC)c2)c2nc3ccccc3nc12. The number of carbonyl (C=O) groups is 1. The van der Waals surface area contributed by atoms with E-state index >= 15 is 0 Å². The molecular formula is C25H28N6O3. The highest BCUT2D eigenvalue weighted by Gasteiger charge is 2.23. The third-order valence-electron chi connectivity index (χ3n) is 5.50. The second-order valence-electron chi connectivity index (χ2n) is 7.78. The fraction of sp³-hybridized carbons (Fsp3) is 0.280. The molecule has 4 aromatic rings. The Kier molecular flexibility index (Phi) is 6.91.